The van der Waals surface area contributed by atoms with Crippen LogP contribution in [0.5, 0.6) is 0 Å². The Morgan fingerprint density at radius 1 is 1.50 bits per heavy atom. The second-order valence-corrected chi connectivity index (χ2v) is 5.03. The van der Waals surface area contributed by atoms with Gasteiger partial charge in [0.15, 0.2) is 0 Å². The van der Waals surface area contributed by atoms with Crippen LogP contribution in [0.1, 0.15) is 11.8 Å². The molecule has 0 aliphatic rings. The van der Waals surface area contributed by atoms with Crippen LogP contribution in [0.4, 0.5) is 5.82 Å². The van der Waals surface area contributed by atoms with Gasteiger partial charge in [-0.05, 0) is 12.5 Å². The van der Waals surface area contributed by atoms with Gasteiger partial charge in [0, 0.05) is 11.9 Å². The maximum atomic E-state index is 11.3. The number of esters is 1. The second-order valence-electron chi connectivity index (χ2n) is 3.91. The summed E-state index contributed by atoms with van der Waals surface area (Å²) >= 11 is 1.66. The molecule has 0 radical (unpaired) electrons. The minimum absolute atomic E-state index is 0.180. The Morgan fingerprint density at radius 2 is 2.28 bits per heavy atom. The molecule has 2 aromatic rings. The standard InChI is InChI=1S/C12H15N3O2S/c1-4-8-5-9-11(13-7-14-12(9)18-8)15(2)6-10(16)17-3/h5,7H,4,6H2,1-3H3. The summed E-state index contributed by atoms with van der Waals surface area (Å²) in [5.41, 5.74) is 0. The second kappa shape index (κ2) is 5.30. The van der Waals surface area contributed by atoms with Crippen molar-refractivity contribution in [1.29, 1.82) is 0 Å². The zero-order valence-electron chi connectivity index (χ0n) is 10.6. The highest BCUT2D eigenvalue weighted by Crippen LogP contribution is 2.29. The fourth-order valence-corrected chi connectivity index (χ4v) is 2.63. The summed E-state index contributed by atoms with van der Waals surface area (Å²) < 4.78 is 4.66. The van der Waals surface area contributed by atoms with Gasteiger partial charge < -0.3 is 9.64 Å². The molecular formula is C12H15N3O2S. The number of anilines is 1. The van der Waals surface area contributed by atoms with Gasteiger partial charge in [-0.3, -0.25) is 4.79 Å². The van der Waals surface area contributed by atoms with Gasteiger partial charge in [0.1, 0.15) is 23.5 Å². The molecule has 0 bridgehead atoms. The van der Waals surface area contributed by atoms with E-state index in [0.29, 0.717) is 0 Å². The van der Waals surface area contributed by atoms with Crippen molar-refractivity contribution in [2.75, 3.05) is 25.6 Å². The third-order valence-electron chi connectivity index (χ3n) is 2.66. The summed E-state index contributed by atoms with van der Waals surface area (Å²) in [6, 6.07) is 2.09. The summed E-state index contributed by atoms with van der Waals surface area (Å²) in [5.74, 6) is 0.483. The van der Waals surface area contributed by atoms with Crippen molar-refractivity contribution < 1.29 is 9.53 Å². The molecule has 0 atom stereocenters. The number of aryl methyl sites for hydroxylation is 1. The number of ether oxygens (including phenoxy) is 1. The number of hydrogen-bond acceptors (Lipinski definition) is 6. The summed E-state index contributed by atoms with van der Waals surface area (Å²) in [5, 5.41) is 0.991. The lowest BCUT2D eigenvalue weighted by molar-refractivity contribution is -0.138. The topological polar surface area (TPSA) is 55.3 Å². The maximum Gasteiger partial charge on any atom is 0.325 e. The fraction of sp³-hybridized carbons (Fsp3) is 0.417. The van der Waals surface area contributed by atoms with E-state index in [2.05, 4.69) is 27.7 Å². The van der Waals surface area contributed by atoms with Crippen molar-refractivity contribution in [2.24, 2.45) is 0 Å². The van der Waals surface area contributed by atoms with Crippen LogP contribution in [-0.4, -0.2) is 36.6 Å². The molecule has 5 nitrogen and oxygen atoms in total. The van der Waals surface area contributed by atoms with Crippen LogP contribution in [0.15, 0.2) is 12.4 Å². The molecule has 0 aliphatic carbocycles. The first-order chi connectivity index (χ1) is 8.65. The van der Waals surface area contributed by atoms with Crippen molar-refractivity contribution in [1.82, 2.24) is 9.97 Å². The Kier molecular flexibility index (Phi) is 3.76. The smallest absolute Gasteiger partial charge is 0.325 e. The van der Waals surface area contributed by atoms with Gasteiger partial charge in [-0.2, -0.15) is 0 Å². The van der Waals surface area contributed by atoms with E-state index in [1.807, 2.05) is 7.05 Å². The quantitative estimate of drug-likeness (QED) is 0.790. The molecule has 2 heterocycles. The normalized spacial score (nSPS) is 10.6. The van der Waals surface area contributed by atoms with Crippen LogP contribution < -0.4 is 4.90 Å². The van der Waals surface area contributed by atoms with Crippen molar-refractivity contribution >= 4 is 33.3 Å². The van der Waals surface area contributed by atoms with Gasteiger partial charge >= 0.3 is 5.97 Å². The number of carbonyl (C=O) groups is 1. The highest BCUT2D eigenvalue weighted by atomic mass is 32.1. The fourth-order valence-electron chi connectivity index (χ4n) is 1.70. The summed E-state index contributed by atoms with van der Waals surface area (Å²) in [6.45, 7) is 2.29. The summed E-state index contributed by atoms with van der Waals surface area (Å²) in [4.78, 5) is 23.8. The number of carbonyl (C=O) groups excluding carboxylic acids is 1. The number of likely N-dealkylation sites (N-methyl/N-ethyl adjacent to an activating group) is 1. The molecule has 0 fully saturated rings. The SMILES string of the molecule is CCc1cc2c(N(C)CC(=O)OC)ncnc2s1. The van der Waals surface area contributed by atoms with Gasteiger partial charge in [-0.1, -0.05) is 6.92 Å². The lowest BCUT2D eigenvalue weighted by atomic mass is 10.3. The minimum Gasteiger partial charge on any atom is -0.468 e. The summed E-state index contributed by atoms with van der Waals surface area (Å²) in [6.07, 6.45) is 2.50. The number of nitrogens with zero attached hydrogens (tertiary/aromatic N) is 3. The van der Waals surface area contributed by atoms with Gasteiger partial charge in [0.2, 0.25) is 0 Å². The van der Waals surface area contributed by atoms with Crippen LogP contribution >= 0.6 is 11.3 Å². The molecule has 0 saturated carbocycles. The van der Waals surface area contributed by atoms with Gasteiger partial charge in [-0.25, -0.2) is 9.97 Å². The first-order valence-electron chi connectivity index (χ1n) is 5.67. The van der Waals surface area contributed by atoms with Gasteiger partial charge in [-0.15, -0.1) is 11.3 Å². The van der Waals surface area contributed by atoms with E-state index in [1.165, 1.54) is 18.3 Å². The predicted octanol–water partition coefficient (Wildman–Crippen LogP) is 1.86. The molecule has 6 heteroatoms. The third kappa shape index (κ3) is 2.43. The molecule has 0 aliphatic heterocycles. The Morgan fingerprint density at radius 3 is 2.94 bits per heavy atom. The number of hydrogen-bond donors (Lipinski definition) is 0. The zero-order chi connectivity index (χ0) is 13.1. The van der Waals surface area contributed by atoms with E-state index in [1.54, 1.807) is 16.2 Å². The molecule has 0 amide bonds. The monoisotopic (exact) mass is 265 g/mol. The number of rotatable bonds is 4. The Hall–Kier alpha value is -1.69. The molecule has 0 spiro atoms. The molecule has 0 N–H and O–H groups in total. The number of fused-ring (bicyclic) bond motifs is 1. The van der Waals surface area contributed by atoms with Crippen molar-refractivity contribution in [3.63, 3.8) is 0 Å². The number of thiophene rings is 1. The van der Waals surface area contributed by atoms with Crippen LogP contribution in [0.2, 0.25) is 0 Å². The van der Waals surface area contributed by atoms with Crippen LogP contribution in [0.25, 0.3) is 10.2 Å². The van der Waals surface area contributed by atoms with Crippen molar-refractivity contribution in [3.05, 3.63) is 17.3 Å². The molecule has 0 unspecified atom stereocenters. The molecule has 2 aromatic heterocycles. The van der Waals surface area contributed by atoms with E-state index in [-0.39, 0.29) is 12.5 Å². The van der Waals surface area contributed by atoms with Crippen molar-refractivity contribution in [2.45, 2.75) is 13.3 Å². The largest absolute Gasteiger partial charge is 0.468 e. The Balaban J connectivity index is 2.37. The Labute approximate surface area is 109 Å². The summed E-state index contributed by atoms with van der Waals surface area (Å²) in [7, 11) is 3.20. The van der Waals surface area contributed by atoms with E-state index >= 15 is 0 Å². The third-order valence-corrected chi connectivity index (χ3v) is 3.85. The molecule has 0 saturated heterocycles. The average molecular weight is 265 g/mol. The van der Waals surface area contributed by atoms with Crippen LogP contribution in [0.3, 0.4) is 0 Å². The molecule has 96 valence electrons. The first kappa shape index (κ1) is 12.8. The van der Waals surface area contributed by atoms with E-state index in [9.17, 15) is 4.79 Å². The van der Waals surface area contributed by atoms with Gasteiger partial charge in [0.05, 0.1) is 12.5 Å². The zero-order valence-corrected chi connectivity index (χ0v) is 11.5. The number of methoxy groups -OCH3 is 1. The lowest BCUT2D eigenvalue weighted by Crippen LogP contribution is -2.27. The first-order valence-corrected chi connectivity index (χ1v) is 6.48. The van der Waals surface area contributed by atoms with Crippen LogP contribution in [-0.2, 0) is 16.0 Å². The average Bonchev–Trinajstić information content (AvgIpc) is 2.80. The molecule has 0 aromatic carbocycles. The van der Waals surface area contributed by atoms with Crippen LogP contribution in [0, 0.1) is 0 Å². The number of aromatic nitrogens is 2. The Bertz CT molecular complexity index is 567. The highest BCUT2D eigenvalue weighted by molar-refractivity contribution is 7.18. The van der Waals surface area contributed by atoms with E-state index < -0.39 is 0 Å². The maximum absolute atomic E-state index is 11.3. The van der Waals surface area contributed by atoms with E-state index in [0.717, 1.165) is 22.5 Å². The molecular weight excluding hydrogens is 250 g/mol. The highest BCUT2D eigenvalue weighted by Gasteiger charge is 2.14. The predicted molar refractivity (Wildman–Crippen MR) is 72.1 cm³/mol. The minimum atomic E-state index is -0.282. The van der Waals surface area contributed by atoms with Gasteiger partial charge in [0.25, 0.3) is 0 Å². The van der Waals surface area contributed by atoms with Crippen molar-refractivity contribution in [3.8, 4) is 0 Å². The molecule has 2 rings (SSSR count). The van der Waals surface area contributed by atoms with E-state index in [4.69, 9.17) is 0 Å². The molecule has 18 heavy (non-hydrogen) atoms. The lowest BCUT2D eigenvalue weighted by Gasteiger charge is -2.16.